The lowest BCUT2D eigenvalue weighted by atomic mass is 10.1. The SMILES string of the molecule is CC1(CN2CCN(C(=O)OC(C)(C)C)CC2[N+](=O)[O-])N=CCN1. The molecule has 1 N–H and O–H groups in total. The van der Waals surface area contributed by atoms with Crippen LogP contribution in [0.3, 0.4) is 0 Å². The van der Waals surface area contributed by atoms with Crippen LogP contribution in [0.1, 0.15) is 27.7 Å². The fraction of sp³-hybridized carbons (Fsp3) is 0.857. The Morgan fingerprint density at radius 2 is 2.22 bits per heavy atom. The molecule has 0 spiro atoms. The second-order valence-corrected chi connectivity index (χ2v) is 7.13. The number of rotatable bonds is 3. The Bertz CT molecular complexity index is 504. The Kier molecular flexibility index (Phi) is 4.90. The molecular formula is C14H25N5O4. The highest BCUT2D eigenvalue weighted by Gasteiger charge is 2.41. The minimum absolute atomic E-state index is 0.0156. The van der Waals surface area contributed by atoms with Crippen molar-refractivity contribution in [2.45, 2.75) is 45.1 Å². The molecule has 0 aliphatic carbocycles. The van der Waals surface area contributed by atoms with Crippen LogP contribution in [-0.2, 0) is 4.74 Å². The molecule has 0 saturated carbocycles. The van der Waals surface area contributed by atoms with Crippen molar-refractivity contribution in [3.63, 3.8) is 0 Å². The Labute approximate surface area is 135 Å². The first kappa shape index (κ1) is 17.6. The van der Waals surface area contributed by atoms with Crippen molar-refractivity contribution in [1.82, 2.24) is 15.1 Å². The topological polar surface area (TPSA) is 100 Å². The largest absolute Gasteiger partial charge is 0.444 e. The van der Waals surface area contributed by atoms with Crippen LogP contribution in [0, 0.1) is 10.1 Å². The van der Waals surface area contributed by atoms with Crippen molar-refractivity contribution in [2.24, 2.45) is 4.99 Å². The van der Waals surface area contributed by atoms with Crippen molar-refractivity contribution in [1.29, 1.82) is 0 Å². The fourth-order valence-electron chi connectivity index (χ4n) is 2.73. The molecule has 2 aliphatic heterocycles. The van der Waals surface area contributed by atoms with Gasteiger partial charge in [-0.25, -0.2) is 9.69 Å². The molecule has 2 heterocycles. The van der Waals surface area contributed by atoms with Gasteiger partial charge >= 0.3 is 6.09 Å². The third kappa shape index (κ3) is 4.61. The van der Waals surface area contributed by atoms with Crippen molar-refractivity contribution in [3.8, 4) is 0 Å². The molecule has 23 heavy (non-hydrogen) atoms. The number of hydrogen-bond donors (Lipinski definition) is 1. The van der Waals surface area contributed by atoms with Gasteiger partial charge in [-0.15, -0.1) is 0 Å². The van der Waals surface area contributed by atoms with Crippen LogP contribution in [0.5, 0.6) is 0 Å². The molecule has 1 saturated heterocycles. The highest BCUT2D eigenvalue weighted by molar-refractivity contribution is 5.68. The third-order valence-corrected chi connectivity index (χ3v) is 3.82. The summed E-state index contributed by atoms with van der Waals surface area (Å²) in [5.74, 6) is 0. The Hall–Kier alpha value is -1.74. The number of nitrogens with zero attached hydrogens (tertiary/aromatic N) is 4. The van der Waals surface area contributed by atoms with Gasteiger partial charge in [0.1, 0.15) is 17.8 Å². The Morgan fingerprint density at radius 1 is 1.52 bits per heavy atom. The molecule has 1 fully saturated rings. The van der Waals surface area contributed by atoms with Gasteiger partial charge in [-0.3, -0.25) is 25.3 Å². The molecule has 0 aromatic carbocycles. The number of carbonyl (C=O) groups excluding carboxylic acids is 1. The number of piperazine rings is 1. The fourth-order valence-corrected chi connectivity index (χ4v) is 2.73. The van der Waals surface area contributed by atoms with E-state index in [0.717, 1.165) is 0 Å². The lowest BCUT2D eigenvalue weighted by molar-refractivity contribution is -0.554. The van der Waals surface area contributed by atoms with Crippen LogP contribution >= 0.6 is 0 Å². The van der Waals surface area contributed by atoms with E-state index < -0.39 is 23.5 Å². The third-order valence-electron chi connectivity index (χ3n) is 3.82. The van der Waals surface area contributed by atoms with E-state index in [-0.39, 0.29) is 11.5 Å². The van der Waals surface area contributed by atoms with Crippen LogP contribution in [-0.4, -0.2) is 77.2 Å². The van der Waals surface area contributed by atoms with Crippen LogP contribution < -0.4 is 5.32 Å². The molecule has 0 aromatic heterocycles. The van der Waals surface area contributed by atoms with E-state index in [0.29, 0.717) is 26.2 Å². The number of hydrogen-bond acceptors (Lipinski definition) is 7. The summed E-state index contributed by atoms with van der Waals surface area (Å²) in [6.45, 7) is 9.16. The van der Waals surface area contributed by atoms with Crippen molar-refractivity contribution >= 4 is 12.3 Å². The zero-order chi connectivity index (χ0) is 17.3. The van der Waals surface area contributed by atoms with Gasteiger partial charge in [0, 0.05) is 37.3 Å². The van der Waals surface area contributed by atoms with Crippen molar-refractivity contribution in [3.05, 3.63) is 10.1 Å². The first-order valence-electron chi connectivity index (χ1n) is 7.74. The van der Waals surface area contributed by atoms with Gasteiger partial charge in [0.25, 0.3) is 6.17 Å². The second-order valence-electron chi connectivity index (χ2n) is 7.13. The molecule has 2 aliphatic rings. The van der Waals surface area contributed by atoms with E-state index in [1.54, 1.807) is 31.9 Å². The lowest BCUT2D eigenvalue weighted by Crippen LogP contribution is -2.61. The first-order valence-corrected chi connectivity index (χ1v) is 7.74. The Balaban J connectivity index is 2.02. The quantitative estimate of drug-likeness (QED) is 0.599. The predicted octanol–water partition coefficient (Wildman–Crippen LogP) is 0.532. The zero-order valence-corrected chi connectivity index (χ0v) is 14.1. The van der Waals surface area contributed by atoms with Gasteiger partial charge in [-0.05, 0) is 27.7 Å². The molecule has 0 bridgehead atoms. The molecule has 1 amide bonds. The summed E-state index contributed by atoms with van der Waals surface area (Å²) in [5, 5.41) is 14.6. The zero-order valence-electron chi connectivity index (χ0n) is 14.1. The predicted molar refractivity (Wildman–Crippen MR) is 85.1 cm³/mol. The number of nitrogens with one attached hydrogen (secondary N) is 1. The van der Waals surface area contributed by atoms with Gasteiger partial charge < -0.3 is 4.74 Å². The monoisotopic (exact) mass is 327 g/mol. The molecule has 2 atom stereocenters. The van der Waals surface area contributed by atoms with E-state index in [1.807, 2.05) is 6.92 Å². The number of ether oxygens (including phenoxy) is 1. The minimum atomic E-state index is -0.953. The smallest absolute Gasteiger partial charge is 0.410 e. The van der Waals surface area contributed by atoms with Gasteiger partial charge in [-0.2, -0.15) is 0 Å². The summed E-state index contributed by atoms with van der Waals surface area (Å²) < 4.78 is 5.30. The maximum absolute atomic E-state index is 12.1. The standard InChI is InChI=1S/C14H25N5O4/c1-13(2,3)23-12(20)17-7-8-18(11(9-17)19(21)22)10-14(4)15-5-6-16-14/h5,11,16H,6-10H2,1-4H3. The molecule has 2 rings (SSSR count). The van der Waals surface area contributed by atoms with Crippen LogP contribution in [0.2, 0.25) is 0 Å². The van der Waals surface area contributed by atoms with Gasteiger partial charge in [0.05, 0.1) is 0 Å². The summed E-state index contributed by atoms with van der Waals surface area (Å²) in [7, 11) is 0. The summed E-state index contributed by atoms with van der Waals surface area (Å²) in [6, 6.07) is 0. The van der Waals surface area contributed by atoms with Gasteiger partial charge in [0.2, 0.25) is 0 Å². The average Bonchev–Trinajstić information content (AvgIpc) is 2.83. The van der Waals surface area contributed by atoms with Gasteiger partial charge in [-0.1, -0.05) is 0 Å². The number of aliphatic imine (C=N–C) groups is 1. The molecule has 130 valence electrons. The number of nitro groups is 1. The molecule has 9 heteroatoms. The normalized spacial score (nSPS) is 28.9. The van der Waals surface area contributed by atoms with Crippen LogP contribution in [0.15, 0.2) is 4.99 Å². The maximum Gasteiger partial charge on any atom is 0.410 e. The number of carbonyl (C=O) groups is 1. The van der Waals surface area contributed by atoms with E-state index in [2.05, 4.69) is 10.3 Å². The van der Waals surface area contributed by atoms with E-state index in [9.17, 15) is 14.9 Å². The van der Waals surface area contributed by atoms with Gasteiger partial charge in [0.15, 0.2) is 0 Å². The van der Waals surface area contributed by atoms with Crippen LogP contribution in [0.4, 0.5) is 4.79 Å². The van der Waals surface area contributed by atoms with E-state index in [1.165, 1.54) is 4.90 Å². The minimum Gasteiger partial charge on any atom is -0.444 e. The van der Waals surface area contributed by atoms with E-state index in [4.69, 9.17) is 4.74 Å². The average molecular weight is 327 g/mol. The van der Waals surface area contributed by atoms with Crippen molar-refractivity contribution in [2.75, 3.05) is 32.7 Å². The lowest BCUT2D eigenvalue weighted by Gasteiger charge is -2.39. The maximum atomic E-state index is 12.1. The van der Waals surface area contributed by atoms with Crippen LogP contribution in [0.25, 0.3) is 0 Å². The molecule has 0 aromatic rings. The second kappa shape index (κ2) is 6.40. The molecule has 9 nitrogen and oxygen atoms in total. The first-order chi connectivity index (χ1) is 10.6. The van der Waals surface area contributed by atoms with Crippen molar-refractivity contribution < 1.29 is 14.5 Å². The summed E-state index contributed by atoms with van der Waals surface area (Å²) in [6.07, 6.45) is 0.316. The molecular weight excluding hydrogens is 302 g/mol. The molecule has 2 unspecified atom stereocenters. The highest BCUT2D eigenvalue weighted by Crippen LogP contribution is 2.19. The summed E-state index contributed by atoms with van der Waals surface area (Å²) in [4.78, 5) is 30.7. The number of amides is 1. The summed E-state index contributed by atoms with van der Waals surface area (Å²) in [5.41, 5.74) is -1.13. The Morgan fingerprint density at radius 3 is 2.74 bits per heavy atom. The molecule has 0 radical (unpaired) electrons. The summed E-state index contributed by atoms with van der Waals surface area (Å²) >= 11 is 0. The highest BCUT2D eigenvalue weighted by atomic mass is 16.6. The van der Waals surface area contributed by atoms with E-state index >= 15 is 0 Å².